The number of hydrogen-bond acceptors (Lipinski definition) is 1. The summed E-state index contributed by atoms with van der Waals surface area (Å²) in [5.41, 5.74) is 0.267. The molecule has 0 aromatic carbocycles. The minimum Gasteiger partial charge on any atom is -0.143 e. The highest BCUT2D eigenvalue weighted by molar-refractivity contribution is 9.10. The zero-order valence-electron chi connectivity index (χ0n) is 7.60. The molecule has 0 radical (unpaired) electrons. The van der Waals surface area contributed by atoms with Gasteiger partial charge in [0, 0.05) is 9.35 Å². The summed E-state index contributed by atoms with van der Waals surface area (Å²) >= 11 is 5.25. The van der Waals surface area contributed by atoms with Gasteiger partial charge in [0.2, 0.25) is 0 Å². The summed E-state index contributed by atoms with van der Waals surface area (Å²) in [7, 11) is 0. The van der Waals surface area contributed by atoms with Crippen LogP contribution in [0.25, 0.3) is 6.08 Å². The van der Waals surface area contributed by atoms with Crippen LogP contribution in [0.1, 0.15) is 25.6 Å². The Morgan fingerprint density at radius 2 is 2.08 bits per heavy atom. The van der Waals surface area contributed by atoms with E-state index in [1.54, 1.807) is 11.3 Å². The smallest absolute Gasteiger partial charge is 0.0409 e. The van der Waals surface area contributed by atoms with Gasteiger partial charge in [-0.05, 0) is 38.9 Å². The van der Waals surface area contributed by atoms with Crippen LogP contribution >= 0.6 is 27.3 Å². The van der Waals surface area contributed by atoms with Gasteiger partial charge in [-0.15, -0.1) is 11.3 Å². The molecule has 0 aliphatic carbocycles. The molecule has 12 heavy (non-hydrogen) atoms. The first-order valence-electron chi connectivity index (χ1n) is 3.91. The van der Waals surface area contributed by atoms with Gasteiger partial charge in [-0.2, -0.15) is 0 Å². The third kappa shape index (κ3) is 3.11. The minimum absolute atomic E-state index is 0.267. The Bertz CT molecular complexity index is 278. The highest BCUT2D eigenvalue weighted by Gasteiger charge is 2.04. The molecule has 1 aromatic rings. The second kappa shape index (κ2) is 3.75. The Labute approximate surface area is 86.4 Å². The molecular formula is C10H13BrS. The van der Waals surface area contributed by atoms with E-state index in [9.17, 15) is 0 Å². The quantitative estimate of drug-likeness (QED) is 0.679. The maximum Gasteiger partial charge on any atom is 0.0409 e. The first-order valence-corrected chi connectivity index (χ1v) is 5.58. The summed E-state index contributed by atoms with van der Waals surface area (Å²) in [5.74, 6) is 0. The van der Waals surface area contributed by atoms with Crippen molar-refractivity contribution in [1.29, 1.82) is 0 Å². The van der Waals surface area contributed by atoms with Crippen LogP contribution in [0, 0.1) is 5.41 Å². The molecule has 0 saturated carbocycles. The molecule has 0 saturated heterocycles. The molecule has 0 atom stereocenters. The molecule has 0 N–H and O–H groups in total. The van der Waals surface area contributed by atoms with E-state index in [-0.39, 0.29) is 5.41 Å². The summed E-state index contributed by atoms with van der Waals surface area (Å²) in [6.07, 6.45) is 4.40. The second-order valence-electron chi connectivity index (χ2n) is 3.83. The number of halogens is 1. The Morgan fingerprint density at radius 1 is 1.42 bits per heavy atom. The molecule has 0 bridgehead atoms. The summed E-state index contributed by atoms with van der Waals surface area (Å²) in [5, 5.41) is 2.09. The molecule has 0 unspecified atom stereocenters. The first kappa shape index (κ1) is 10.0. The van der Waals surface area contributed by atoms with Crippen molar-refractivity contribution in [3.05, 3.63) is 26.9 Å². The second-order valence-corrected chi connectivity index (χ2v) is 5.63. The fourth-order valence-corrected chi connectivity index (χ4v) is 2.15. The molecule has 1 heterocycles. The van der Waals surface area contributed by atoms with Crippen LogP contribution in [0.5, 0.6) is 0 Å². The van der Waals surface area contributed by atoms with Crippen LogP contribution in [0.4, 0.5) is 0 Å². The lowest BCUT2D eigenvalue weighted by atomic mass is 9.96. The van der Waals surface area contributed by atoms with E-state index in [1.807, 2.05) is 0 Å². The Morgan fingerprint density at radius 3 is 2.50 bits per heavy atom. The van der Waals surface area contributed by atoms with Crippen LogP contribution in [-0.2, 0) is 0 Å². The summed E-state index contributed by atoms with van der Waals surface area (Å²) in [6, 6.07) is 2.08. The number of hydrogen-bond donors (Lipinski definition) is 0. The molecule has 0 fully saturated rings. The molecule has 0 amide bonds. The van der Waals surface area contributed by atoms with E-state index >= 15 is 0 Å². The SMILES string of the molecule is CC(C)(C)/C=C/c1sccc1Br. The Balaban J connectivity index is 2.77. The van der Waals surface area contributed by atoms with Crippen LogP contribution < -0.4 is 0 Å². The number of allylic oxidation sites excluding steroid dienone is 1. The van der Waals surface area contributed by atoms with Gasteiger partial charge < -0.3 is 0 Å². The van der Waals surface area contributed by atoms with Crippen molar-refractivity contribution in [2.75, 3.05) is 0 Å². The topological polar surface area (TPSA) is 0 Å². The summed E-state index contributed by atoms with van der Waals surface area (Å²) < 4.78 is 1.19. The predicted molar refractivity (Wildman–Crippen MR) is 60.5 cm³/mol. The highest BCUT2D eigenvalue weighted by atomic mass is 79.9. The molecule has 1 rings (SSSR count). The van der Waals surface area contributed by atoms with Gasteiger partial charge in [-0.3, -0.25) is 0 Å². The average Bonchev–Trinajstić information content (AvgIpc) is 2.29. The van der Waals surface area contributed by atoms with Gasteiger partial charge in [-0.25, -0.2) is 0 Å². The van der Waals surface area contributed by atoms with Gasteiger partial charge in [0.05, 0.1) is 0 Å². The largest absolute Gasteiger partial charge is 0.143 e. The summed E-state index contributed by atoms with van der Waals surface area (Å²) in [4.78, 5) is 1.30. The van der Waals surface area contributed by atoms with Crippen molar-refractivity contribution in [3.63, 3.8) is 0 Å². The van der Waals surface area contributed by atoms with E-state index in [4.69, 9.17) is 0 Å². The van der Waals surface area contributed by atoms with Gasteiger partial charge >= 0.3 is 0 Å². The lowest BCUT2D eigenvalue weighted by Gasteiger charge is -2.10. The normalized spacial score (nSPS) is 12.7. The fourth-order valence-electron chi connectivity index (χ4n) is 0.750. The van der Waals surface area contributed by atoms with Gasteiger partial charge in [0.15, 0.2) is 0 Å². The molecule has 1 aromatic heterocycles. The van der Waals surface area contributed by atoms with Crippen molar-refractivity contribution in [1.82, 2.24) is 0 Å². The Kier molecular flexibility index (Phi) is 3.13. The van der Waals surface area contributed by atoms with E-state index in [1.165, 1.54) is 9.35 Å². The van der Waals surface area contributed by atoms with E-state index in [2.05, 4.69) is 60.3 Å². The standard InChI is InChI=1S/C10H13BrS/c1-10(2,3)6-4-9-8(11)5-7-12-9/h4-7H,1-3H3/b6-4+. The van der Waals surface area contributed by atoms with Gasteiger partial charge in [-0.1, -0.05) is 26.8 Å². The van der Waals surface area contributed by atoms with Crippen LogP contribution in [0.2, 0.25) is 0 Å². The Hall–Kier alpha value is -0.0800. The monoisotopic (exact) mass is 244 g/mol. The van der Waals surface area contributed by atoms with Crippen LogP contribution in [0.3, 0.4) is 0 Å². The van der Waals surface area contributed by atoms with Crippen molar-refractivity contribution >= 4 is 33.3 Å². The number of rotatable bonds is 1. The third-order valence-electron chi connectivity index (χ3n) is 1.38. The van der Waals surface area contributed by atoms with Crippen LogP contribution in [0.15, 0.2) is 22.0 Å². The minimum atomic E-state index is 0.267. The first-order chi connectivity index (χ1) is 5.49. The molecule has 0 nitrogen and oxygen atoms in total. The molecule has 0 aliphatic rings. The predicted octanol–water partition coefficient (Wildman–Crippen LogP) is 4.57. The molecule has 0 spiro atoms. The van der Waals surface area contributed by atoms with Crippen molar-refractivity contribution < 1.29 is 0 Å². The van der Waals surface area contributed by atoms with E-state index in [0.717, 1.165) is 0 Å². The highest BCUT2D eigenvalue weighted by Crippen LogP contribution is 2.26. The lowest BCUT2D eigenvalue weighted by molar-refractivity contribution is 0.547. The summed E-state index contributed by atoms with van der Waals surface area (Å²) in [6.45, 7) is 6.60. The molecule has 2 heteroatoms. The maximum absolute atomic E-state index is 3.49. The maximum atomic E-state index is 3.49. The third-order valence-corrected chi connectivity index (χ3v) is 3.22. The van der Waals surface area contributed by atoms with E-state index < -0.39 is 0 Å². The molecular weight excluding hydrogens is 232 g/mol. The zero-order valence-corrected chi connectivity index (χ0v) is 10.00. The van der Waals surface area contributed by atoms with Crippen LogP contribution in [-0.4, -0.2) is 0 Å². The fraction of sp³-hybridized carbons (Fsp3) is 0.400. The lowest BCUT2D eigenvalue weighted by Crippen LogP contribution is -1.97. The zero-order chi connectivity index (χ0) is 9.19. The van der Waals surface area contributed by atoms with Gasteiger partial charge in [0.1, 0.15) is 0 Å². The van der Waals surface area contributed by atoms with Crippen molar-refractivity contribution in [2.45, 2.75) is 20.8 Å². The van der Waals surface area contributed by atoms with E-state index in [0.29, 0.717) is 0 Å². The van der Waals surface area contributed by atoms with Crippen molar-refractivity contribution in [3.8, 4) is 0 Å². The van der Waals surface area contributed by atoms with Crippen molar-refractivity contribution in [2.24, 2.45) is 5.41 Å². The number of thiophene rings is 1. The molecule has 66 valence electrons. The van der Waals surface area contributed by atoms with Gasteiger partial charge in [0.25, 0.3) is 0 Å². The molecule has 0 aliphatic heterocycles. The average molecular weight is 245 g/mol.